The first kappa shape index (κ1) is 20.6. The molecule has 2 aromatic heterocycles. The fraction of sp³-hybridized carbons (Fsp3) is 0.346. The standard InChI is InChI=1S/C26H30N6/c27-16-21-18-30-25-5-1-3-19(26(21)25)4-2-9-31-11-13-32(14-12-31)10-8-20-17-29-24-7-6-22(28)15-23(20)24/h1,3,5-7,15,17-18,29-30H,2,4,8-14,28H2. The number of fused-ring (bicyclic) bond motifs is 2. The number of piperazine rings is 1. The topological polar surface area (TPSA) is 87.9 Å². The second-order valence-corrected chi connectivity index (χ2v) is 8.81. The van der Waals surface area contributed by atoms with Crippen LogP contribution in [0, 0.1) is 11.3 Å². The molecule has 1 aliphatic heterocycles. The van der Waals surface area contributed by atoms with Crippen LogP contribution in [0.25, 0.3) is 21.8 Å². The zero-order valence-corrected chi connectivity index (χ0v) is 18.4. The Morgan fingerprint density at radius 1 is 0.875 bits per heavy atom. The SMILES string of the molecule is N#Cc1c[nH]c2cccc(CCCN3CCN(CCc4c[nH]c5ccc(N)cc45)CC3)c12. The van der Waals surface area contributed by atoms with Gasteiger partial charge in [-0.1, -0.05) is 12.1 Å². The molecule has 1 aliphatic rings. The predicted molar refractivity (Wildman–Crippen MR) is 131 cm³/mol. The molecule has 0 atom stereocenters. The summed E-state index contributed by atoms with van der Waals surface area (Å²) in [4.78, 5) is 11.7. The highest BCUT2D eigenvalue weighted by atomic mass is 15.3. The Hall–Kier alpha value is -3.27. The summed E-state index contributed by atoms with van der Waals surface area (Å²) in [6.07, 6.45) is 7.12. The third kappa shape index (κ3) is 4.22. The molecule has 1 fully saturated rings. The minimum atomic E-state index is 0.752. The lowest BCUT2D eigenvalue weighted by Crippen LogP contribution is -2.47. The molecule has 0 aliphatic carbocycles. The molecule has 4 N–H and O–H groups in total. The van der Waals surface area contributed by atoms with Crippen LogP contribution in [-0.4, -0.2) is 59.0 Å². The number of H-pyrrole nitrogens is 2. The number of rotatable bonds is 7. The summed E-state index contributed by atoms with van der Waals surface area (Å²) in [6.45, 7) is 6.69. The predicted octanol–water partition coefficient (Wildman–Crippen LogP) is 3.90. The zero-order valence-electron chi connectivity index (χ0n) is 18.4. The zero-order chi connectivity index (χ0) is 21.9. The first-order valence-electron chi connectivity index (χ1n) is 11.5. The lowest BCUT2D eigenvalue weighted by molar-refractivity contribution is 0.132. The highest BCUT2D eigenvalue weighted by Crippen LogP contribution is 2.24. The Bertz CT molecular complexity index is 1250. The number of aryl methyl sites for hydroxylation is 1. The number of aromatic amines is 2. The molecule has 6 nitrogen and oxygen atoms in total. The van der Waals surface area contributed by atoms with Crippen LogP contribution in [0.2, 0.25) is 0 Å². The number of nitrogens with two attached hydrogens (primary N) is 1. The minimum absolute atomic E-state index is 0.752. The molecule has 0 amide bonds. The molecule has 0 spiro atoms. The van der Waals surface area contributed by atoms with Crippen LogP contribution in [0.3, 0.4) is 0 Å². The van der Waals surface area contributed by atoms with E-state index < -0.39 is 0 Å². The Labute approximate surface area is 188 Å². The number of nitrogens with one attached hydrogen (secondary N) is 2. The van der Waals surface area contributed by atoms with Gasteiger partial charge >= 0.3 is 0 Å². The highest BCUT2D eigenvalue weighted by molar-refractivity contribution is 5.89. The van der Waals surface area contributed by atoms with E-state index in [1.807, 2.05) is 18.3 Å². The molecule has 1 saturated heterocycles. The van der Waals surface area contributed by atoms with E-state index in [0.717, 1.165) is 86.2 Å². The van der Waals surface area contributed by atoms with E-state index >= 15 is 0 Å². The fourth-order valence-corrected chi connectivity index (χ4v) is 4.97. The Balaban J connectivity index is 1.09. The van der Waals surface area contributed by atoms with Gasteiger partial charge in [-0.3, -0.25) is 0 Å². The number of nitrogen functional groups attached to an aromatic ring is 1. The van der Waals surface area contributed by atoms with Gasteiger partial charge in [-0.05, 0) is 61.2 Å². The highest BCUT2D eigenvalue weighted by Gasteiger charge is 2.17. The van der Waals surface area contributed by atoms with Gasteiger partial charge in [0, 0.05) is 72.6 Å². The van der Waals surface area contributed by atoms with E-state index in [1.165, 1.54) is 16.5 Å². The van der Waals surface area contributed by atoms with Crippen molar-refractivity contribution in [3.05, 3.63) is 65.5 Å². The second kappa shape index (κ2) is 9.07. The van der Waals surface area contributed by atoms with Crippen molar-refractivity contribution in [3.63, 3.8) is 0 Å². The third-order valence-corrected chi connectivity index (χ3v) is 6.79. The van der Waals surface area contributed by atoms with Crippen molar-refractivity contribution in [2.45, 2.75) is 19.3 Å². The van der Waals surface area contributed by atoms with Gasteiger partial charge in [0.25, 0.3) is 0 Å². The average Bonchev–Trinajstić information content (AvgIpc) is 3.42. The van der Waals surface area contributed by atoms with Gasteiger partial charge in [-0.15, -0.1) is 0 Å². The van der Waals surface area contributed by atoms with Crippen molar-refractivity contribution in [1.29, 1.82) is 5.26 Å². The van der Waals surface area contributed by atoms with Crippen LogP contribution in [-0.2, 0) is 12.8 Å². The summed E-state index contributed by atoms with van der Waals surface area (Å²) in [7, 11) is 0. The van der Waals surface area contributed by atoms with Crippen molar-refractivity contribution in [2.24, 2.45) is 0 Å². The van der Waals surface area contributed by atoms with Crippen molar-refractivity contribution < 1.29 is 0 Å². The Morgan fingerprint density at radius 3 is 2.47 bits per heavy atom. The molecule has 0 saturated carbocycles. The maximum atomic E-state index is 9.38. The minimum Gasteiger partial charge on any atom is -0.399 e. The van der Waals surface area contributed by atoms with Crippen molar-refractivity contribution >= 4 is 27.5 Å². The van der Waals surface area contributed by atoms with Gasteiger partial charge in [0.15, 0.2) is 0 Å². The lowest BCUT2D eigenvalue weighted by atomic mass is 10.0. The summed E-state index contributed by atoms with van der Waals surface area (Å²) in [5.41, 5.74) is 12.4. The third-order valence-electron chi connectivity index (χ3n) is 6.79. The molecular weight excluding hydrogens is 396 g/mol. The quantitative estimate of drug-likeness (QED) is 0.391. The van der Waals surface area contributed by atoms with Gasteiger partial charge in [0.1, 0.15) is 6.07 Å². The van der Waals surface area contributed by atoms with Gasteiger partial charge in [-0.2, -0.15) is 5.26 Å². The summed E-state index contributed by atoms with van der Waals surface area (Å²) < 4.78 is 0. The van der Waals surface area contributed by atoms with Gasteiger partial charge in [0.05, 0.1) is 5.56 Å². The monoisotopic (exact) mass is 426 g/mol. The van der Waals surface area contributed by atoms with Crippen LogP contribution in [0.5, 0.6) is 0 Å². The Morgan fingerprint density at radius 2 is 1.66 bits per heavy atom. The Kier molecular flexibility index (Phi) is 5.85. The van der Waals surface area contributed by atoms with E-state index in [-0.39, 0.29) is 0 Å². The summed E-state index contributed by atoms with van der Waals surface area (Å²) >= 11 is 0. The molecule has 6 heteroatoms. The normalized spacial score (nSPS) is 15.5. The first-order chi connectivity index (χ1) is 15.7. The molecule has 0 unspecified atom stereocenters. The van der Waals surface area contributed by atoms with E-state index in [0.29, 0.717) is 0 Å². The summed E-state index contributed by atoms with van der Waals surface area (Å²) in [6, 6.07) is 14.7. The van der Waals surface area contributed by atoms with Gasteiger partial charge in [0.2, 0.25) is 0 Å². The van der Waals surface area contributed by atoms with Crippen molar-refractivity contribution in [2.75, 3.05) is 45.0 Å². The molecule has 164 valence electrons. The van der Waals surface area contributed by atoms with E-state index in [1.54, 1.807) is 0 Å². The molecular formula is C26H30N6. The van der Waals surface area contributed by atoms with Gasteiger partial charge in [-0.25, -0.2) is 0 Å². The lowest BCUT2D eigenvalue weighted by Gasteiger charge is -2.34. The maximum Gasteiger partial charge on any atom is 0.101 e. The van der Waals surface area contributed by atoms with Crippen LogP contribution in [0.4, 0.5) is 5.69 Å². The van der Waals surface area contributed by atoms with E-state index in [4.69, 9.17) is 5.73 Å². The van der Waals surface area contributed by atoms with Crippen LogP contribution in [0.1, 0.15) is 23.1 Å². The van der Waals surface area contributed by atoms with Crippen molar-refractivity contribution in [3.8, 4) is 6.07 Å². The number of aromatic nitrogens is 2. The summed E-state index contributed by atoms with van der Waals surface area (Å²) in [5, 5.41) is 11.7. The first-order valence-corrected chi connectivity index (χ1v) is 11.5. The summed E-state index contributed by atoms with van der Waals surface area (Å²) in [5.74, 6) is 0. The number of hydrogen-bond acceptors (Lipinski definition) is 4. The maximum absolute atomic E-state index is 9.38. The molecule has 0 radical (unpaired) electrons. The number of anilines is 1. The fourth-order valence-electron chi connectivity index (χ4n) is 4.97. The van der Waals surface area contributed by atoms with Crippen LogP contribution < -0.4 is 5.73 Å². The van der Waals surface area contributed by atoms with Crippen LogP contribution >= 0.6 is 0 Å². The largest absolute Gasteiger partial charge is 0.399 e. The molecule has 32 heavy (non-hydrogen) atoms. The molecule has 5 rings (SSSR count). The van der Waals surface area contributed by atoms with Gasteiger partial charge < -0.3 is 25.5 Å². The van der Waals surface area contributed by atoms with Crippen molar-refractivity contribution in [1.82, 2.24) is 19.8 Å². The van der Waals surface area contributed by atoms with E-state index in [2.05, 4.69) is 56.3 Å². The smallest absolute Gasteiger partial charge is 0.101 e. The van der Waals surface area contributed by atoms with E-state index in [9.17, 15) is 5.26 Å². The average molecular weight is 427 g/mol. The second-order valence-electron chi connectivity index (χ2n) is 8.81. The molecule has 3 heterocycles. The molecule has 2 aromatic carbocycles. The number of hydrogen-bond donors (Lipinski definition) is 3. The number of benzene rings is 2. The number of nitrogens with zero attached hydrogens (tertiary/aromatic N) is 3. The molecule has 0 bridgehead atoms. The van der Waals surface area contributed by atoms with Crippen LogP contribution in [0.15, 0.2) is 48.8 Å². The number of nitriles is 1. The molecule has 4 aromatic rings.